The monoisotopic (exact) mass is 335 g/mol. The van der Waals surface area contributed by atoms with Gasteiger partial charge in [0.2, 0.25) is 0 Å². The van der Waals surface area contributed by atoms with Gasteiger partial charge in [0.25, 0.3) is 5.91 Å². The smallest absolute Gasteiger partial charge is 0.255 e. The summed E-state index contributed by atoms with van der Waals surface area (Å²) in [7, 11) is 2.11. The molecule has 0 atom stereocenters. The second kappa shape index (κ2) is 7.61. The van der Waals surface area contributed by atoms with Gasteiger partial charge in [-0.15, -0.1) is 11.3 Å². The fourth-order valence-electron chi connectivity index (χ4n) is 2.62. The van der Waals surface area contributed by atoms with Crippen molar-refractivity contribution in [3.05, 3.63) is 21.4 Å². The van der Waals surface area contributed by atoms with Crippen molar-refractivity contribution >= 4 is 17.2 Å². The van der Waals surface area contributed by atoms with E-state index in [1.54, 1.807) is 11.3 Å². The highest BCUT2D eigenvalue weighted by Gasteiger charge is 2.25. The Bertz CT molecular complexity index is 458. The van der Waals surface area contributed by atoms with Gasteiger partial charge in [-0.3, -0.25) is 4.79 Å². The van der Waals surface area contributed by atoms with Gasteiger partial charge in [0.05, 0.1) is 5.56 Å². The Kier molecular flexibility index (Phi) is 6.75. The Morgan fingerprint density at radius 1 is 1.25 bits per heavy atom. The highest BCUT2D eigenvalue weighted by Crippen LogP contribution is 2.26. The van der Waals surface area contributed by atoms with E-state index in [9.17, 15) is 4.79 Å². The molecule has 4 nitrogen and oxygen atoms in total. The summed E-state index contributed by atoms with van der Waals surface area (Å²) in [6, 6.07) is 0. The number of nitrogens with zero attached hydrogens (tertiary/aromatic N) is 2. The molecular weight excluding hydrogens is 317 g/mol. The first-order chi connectivity index (χ1) is 8.75. The van der Waals surface area contributed by atoms with Crippen LogP contribution in [0, 0.1) is 0 Å². The molecule has 1 aromatic heterocycles. The van der Waals surface area contributed by atoms with Crippen LogP contribution in [0.5, 0.6) is 0 Å². The number of thiophene rings is 1. The van der Waals surface area contributed by atoms with Crippen LogP contribution in [-0.2, 0) is 13.0 Å². The molecule has 1 N–H and O–H groups in total. The largest absolute Gasteiger partial charge is 1.00 e. The zero-order valence-electron chi connectivity index (χ0n) is 11.5. The molecule has 0 unspecified atom stereocenters. The molecule has 1 fully saturated rings. The van der Waals surface area contributed by atoms with Gasteiger partial charge >= 0.3 is 0 Å². The zero-order valence-corrected chi connectivity index (χ0v) is 13.8. The van der Waals surface area contributed by atoms with Crippen molar-refractivity contribution in [1.82, 2.24) is 15.1 Å². The van der Waals surface area contributed by atoms with Crippen molar-refractivity contribution in [1.29, 1.82) is 0 Å². The number of hydrogen-bond donors (Lipinski definition) is 1. The van der Waals surface area contributed by atoms with Crippen LogP contribution < -0.4 is 30.1 Å². The number of carbonyl (C=O) groups excluding carboxylic acids is 1. The van der Waals surface area contributed by atoms with Gasteiger partial charge in [-0.2, -0.15) is 0 Å². The van der Waals surface area contributed by atoms with E-state index in [0.29, 0.717) is 0 Å². The van der Waals surface area contributed by atoms with Crippen LogP contribution >= 0.6 is 11.3 Å². The number of hydrogen-bond acceptors (Lipinski definition) is 4. The average molecular weight is 336 g/mol. The lowest BCUT2D eigenvalue weighted by atomic mass is 10.0. The Balaban J connectivity index is 0.000001000. The molecule has 1 saturated heterocycles. The SMILES string of the molecule is CN1CCN(C(=O)c2csc3c2CCNC3)CC1.[Cl-].[Cl-]. The number of carbonyl (C=O) groups is 1. The number of likely N-dealkylation sites (N-methyl/N-ethyl adjacent to an activating group) is 1. The third-order valence-electron chi connectivity index (χ3n) is 3.84. The van der Waals surface area contributed by atoms with E-state index < -0.39 is 0 Å². The summed E-state index contributed by atoms with van der Waals surface area (Å²) in [5.41, 5.74) is 2.25. The number of rotatable bonds is 1. The van der Waals surface area contributed by atoms with Gasteiger partial charge in [0, 0.05) is 43.0 Å². The van der Waals surface area contributed by atoms with Crippen molar-refractivity contribution in [2.75, 3.05) is 39.8 Å². The molecule has 2 aliphatic rings. The van der Waals surface area contributed by atoms with E-state index >= 15 is 0 Å². The lowest BCUT2D eigenvalue weighted by molar-refractivity contribution is -0.00100. The molecule has 1 amide bonds. The maximum atomic E-state index is 12.5. The normalized spacial score (nSPS) is 18.8. The molecule has 0 saturated carbocycles. The topological polar surface area (TPSA) is 35.6 Å². The summed E-state index contributed by atoms with van der Waals surface area (Å²) < 4.78 is 0. The van der Waals surface area contributed by atoms with E-state index in [0.717, 1.165) is 51.3 Å². The maximum Gasteiger partial charge on any atom is 0.255 e. The molecule has 0 spiro atoms. The first kappa shape index (κ1) is 17.7. The fraction of sp³-hybridized carbons (Fsp3) is 0.615. The molecule has 3 heterocycles. The second-order valence-electron chi connectivity index (χ2n) is 5.07. The van der Waals surface area contributed by atoms with Crippen molar-refractivity contribution in [2.45, 2.75) is 13.0 Å². The molecule has 1 aromatic rings. The maximum absolute atomic E-state index is 12.5. The van der Waals surface area contributed by atoms with Gasteiger partial charge in [-0.1, -0.05) is 0 Å². The molecule has 0 aliphatic carbocycles. The zero-order chi connectivity index (χ0) is 12.5. The number of amides is 1. The third-order valence-corrected chi connectivity index (χ3v) is 4.87. The standard InChI is InChI=1S/C13H19N3OS.2ClH/c1-15-4-6-16(7-5-15)13(17)11-9-18-12-8-14-3-2-10(11)12;;/h9,14H,2-8H2,1H3;2*1H/p-2. The average Bonchev–Trinajstić information content (AvgIpc) is 2.82. The van der Waals surface area contributed by atoms with E-state index in [1.807, 2.05) is 4.90 Å². The Hall–Kier alpha value is -0.330. The lowest BCUT2D eigenvalue weighted by Gasteiger charge is -2.32. The van der Waals surface area contributed by atoms with Crippen LogP contribution in [0.2, 0.25) is 0 Å². The molecule has 7 heteroatoms. The predicted molar refractivity (Wildman–Crippen MR) is 73.1 cm³/mol. The van der Waals surface area contributed by atoms with Gasteiger partial charge in [-0.25, -0.2) is 0 Å². The van der Waals surface area contributed by atoms with E-state index in [4.69, 9.17) is 0 Å². The molecule has 0 aromatic carbocycles. The summed E-state index contributed by atoms with van der Waals surface area (Å²) in [4.78, 5) is 18.2. The molecule has 3 rings (SSSR count). The summed E-state index contributed by atoms with van der Waals surface area (Å²) in [6.45, 7) is 5.61. The minimum Gasteiger partial charge on any atom is -1.00 e. The number of halogens is 2. The van der Waals surface area contributed by atoms with Crippen LogP contribution in [0.15, 0.2) is 5.38 Å². The quantitative estimate of drug-likeness (QED) is 0.557. The molecule has 20 heavy (non-hydrogen) atoms. The highest BCUT2D eigenvalue weighted by molar-refractivity contribution is 7.10. The molecule has 0 bridgehead atoms. The van der Waals surface area contributed by atoms with Gasteiger partial charge in [0.15, 0.2) is 0 Å². The number of nitrogens with one attached hydrogen (secondary N) is 1. The summed E-state index contributed by atoms with van der Waals surface area (Å²) in [5, 5.41) is 5.41. The first-order valence-corrected chi connectivity index (χ1v) is 7.41. The van der Waals surface area contributed by atoms with Crippen molar-refractivity contribution in [3.63, 3.8) is 0 Å². The molecule has 2 aliphatic heterocycles. The minimum atomic E-state index is 0. The summed E-state index contributed by atoms with van der Waals surface area (Å²) in [5.74, 6) is 0.238. The Morgan fingerprint density at radius 3 is 2.65 bits per heavy atom. The van der Waals surface area contributed by atoms with Gasteiger partial charge in [-0.05, 0) is 25.6 Å². The summed E-state index contributed by atoms with van der Waals surface area (Å²) >= 11 is 1.72. The second-order valence-corrected chi connectivity index (χ2v) is 6.04. The van der Waals surface area contributed by atoms with Gasteiger partial charge < -0.3 is 39.9 Å². The van der Waals surface area contributed by atoms with Crippen LogP contribution in [-0.4, -0.2) is 55.5 Å². The Morgan fingerprint density at radius 2 is 1.95 bits per heavy atom. The van der Waals surface area contributed by atoms with Crippen molar-refractivity contribution < 1.29 is 29.6 Å². The third kappa shape index (κ3) is 3.46. The van der Waals surface area contributed by atoms with E-state index in [-0.39, 0.29) is 30.7 Å². The van der Waals surface area contributed by atoms with E-state index in [2.05, 4.69) is 22.6 Å². The predicted octanol–water partition coefficient (Wildman–Crippen LogP) is -5.21. The molecular formula is C13H19Cl2N3OS-2. The van der Waals surface area contributed by atoms with Crippen molar-refractivity contribution in [3.8, 4) is 0 Å². The lowest BCUT2D eigenvalue weighted by Crippen LogP contribution is -3.00. The van der Waals surface area contributed by atoms with Crippen molar-refractivity contribution in [2.24, 2.45) is 0 Å². The van der Waals surface area contributed by atoms with E-state index in [1.165, 1.54) is 10.4 Å². The number of piperazine rings is 1. The molecule has 0 radical (unpaired) electrons. The fourth-order valence-corrected chi connectivity index (χ4v) is 3.66. The van der Waals surface area contributed by atoms with Crippen LogP contribution in [0.1, 0.15) is 20.8 Å². The van der Waals surface area contributed by atoms with Crippen LogP contribution in [0.4, 0.5) is 0 Å². The van der Waals surface area contributed by atoms with Gasteiger partial charge in [0.1, 0.15) is 0 Å². The Labute approximate surface area is 136 Å². The van der Waals surface area contributed by atoms with Crippen LogP contribution in [0.25, 0.3) is 0 Å². The minimum absolute atomic E-state index is 0. The number of fused-ring (bicyclic) bond motifs is 1. The highest BCUT2D eigenvalue weighted by atomic mass is 35.5. The first-order valence-electron chi connectivity index (χ1n) is 6.53. The molecule has 114 valence electrons. The van der Waals surface area contributed by atoms with Crippen LogP contribution in [0.3, 0.4) is 0 Å². The summed E-state index contributed by atoms with van der Waals surface area (Å²) in [6.07, 6.45) is 0.994.